The molecule has 0 spiro atoms. The first kappa shape index (κ1) is 24.2. The predicted molar refractivity (Wildman–Crippen MR) is 113 cm³/mol. The van der Waals surface area contributed by atoms with E-state index in [0.717, 1.165) is 45.6 Å². The maximum absolute atomic E-state index is 12.3. The molecule has 7 nitrogen and oxygen atoms in total. The van der Waals surface area contributed by atoms with Crippen molar-refractivity contribution in [3.8, 4) is 0 Å². The summed E-state index contributed by atoms with van der Waals surface area (Å²) < 4.78 is 1.94. The lowest BCUT2D eigenvalue weighted by Gasteiger charge is -2.35. The fourth-order valence-corrected chi connectivity index (χ4v) is 3.80. The monoisotopic (exact) mass is 420 g/mol. The Morgan fingerprint density at radius 2 is 2.04 bits per heavy atom. The van der Waals surface area contributed by atoms with Gasteiger partial charge in [0, 0.05) is 31.9 Å². The van der Waals surface area contributed by atoms with Crippen LogP contribution in [0.4, 0.5) is 0 Å². The van der Waals surface area contributed by atoms with E-state index in [4.69, 9.17) is 0 Å². The molecular formula is C18H34Cl2N6O. The number of halogens is 2. The van der Waals surface area contributed by atoms with E-state index in [1.807, 2.05) is 16.9 Å². The van der Waals surface area contributed by atoms with Crippen molar-refractivity contribution in [2.75, 3.05) is 53.4 Å². The number of hydrogen-bond acceptors (Lipinski definition) is 5. The largest absolute Gasteiger partial charge is 0.349 e. The van der Waals surface area contributed by atoms with Crippen molar-refractivity contribution >= 4 is 30.7 Å². The van der Waals surface area contributed by atoms with Gasteiger partial charge >= 0.3 is 0 Å². The van der Waals surface area contributed by atoms with Crippen LogP contribution in [0.2, 0.25) is 0 Å². The highest BCUT2D eigenvalue weighted by Gasteiger charge is 2.21. The van der Waals surface area contributed by atoms with Crippen LogP contribution in [0.5, 0.6) is 0 Å². The maximum Gasteiger partial charge on any atom is 0.271 e. The minimum atomic E-state index is -0.0642. The van der Waals surface area contributed by atoms with Crippen LogP contribution in [0.3, 0.4) is 0 Å². The van der Waals surface area contributed by atoms with E-state index in [0.29, 0.717) is 24.3 Å². The molecule has 0 saturated carbocycles. The van der Waals surface area contributed by atoms with Crippen molar-refractivity contribution in [1.29, 1.82) is 0 Å². The summed E-state index contributed by atoms with van der Waals surface area (Å²) in [4.78, 5) is 17.0. The van der Waals surface area contributed by atoms with Crippen LogP contribution < -0.4 is 10.6 Å². The minimum Gasteiger partial charge on any atom is -0.349 e. The second-order valence-corrected chi connectivity index (χ2v) is 7.47. The molecule has 1 unspecified atom stereocenters. The molecule has 2 aliphatic rings. The molecule has 156 valence electrons. The second kappa shape index (κ2) is 11.9. The quantitative estimate of drug-likeness (QED) is 0.727. The molecule has 0 aliphatic carbocycles. The molecule has 2 aliphatic heterocycles. The smallest absolute Gasteiger partial charge is 0.271 e. The van der Waals surface area contributed by atoms with Gasteiger partial charge in [-0.15, -0.1) is 24.8 Å². The Morgan fingerprint density at radius 1 is 1.30 bits per heavy atom. The molecular weight excluding hydrogens is 387 g/mol. The van der Waals surface area contributed by atoms with Crippen LogP contribution in [-0.2, 0) is 0 Å². The van der Waals surface area contributed by atoms with E-state index >= 15 is 0 Å². The second-order valence-electron chi connectivity index (χ2n) is 7.47. The van der Waals surface area contributed by atoms with Crippen LogP contribution in [0.15, 0.2) is 12.3 Å². The number of amides is 1. The van der Waals surface area contributed by atoms with Crippen molar-refractivity contribution < 1.29 is 4.79 Å². The molecule has 1 atom stereocenters. The third-order valence-corrected chi connectivity index (χ3v) is 5.49. The molecule has 1 amide bonds. The number of carbonyl (C=O) groups excluding carboxylic acids is 1. The number of nitrogens with one attached hydrogen (secondary N) is 2. The Bertz CT molecular complexity index is 554. The zero-order valence-corrected chi connectivity index (χ0v) is 18.0. The molecule has 1 aromatic heterocycles. The fraction of sp³-hybridized carbons (Fsp3) is 0.778. The molecule has 9 heteroatoms. The topological polar surface area (TPSA) is 65.4 Å². The number of aromatic nitrogens is 2. The Labute approximate surface area is 175 Å². The number of hydrogen-bond donors (Lipinski definition) is 2. The number of nitrogens with zero attached hydrogens (tertiary/aromatic N) is 4. The average molecular weight is 421 g/mol. The van der Waals surface area contributed by atoms with Crippen LogP contribution in [-0.4, -0.2) is 84.9 Å². The van der Waals surface area contributed by atoms with E-state index in [-0.39, 0.29) is 30.7 Å². The van der Waals surface area contributed by atoms with Crippen molar-refractivity contribution in [2.45, 2.75) is 37.8 Å². The summed E-state index contributed by atoms with van der Waals surface area (Å²) in [6.45, 7) is 5.84. The molecule has 3 heterocycles. The first-order chi connectivity index (χ1) is 12.1. The van der Waals surface area contributed by atoms with Gasteiger partial charge in [-0.25, -0.2) is 0 Å². The Kier molecular flexibility index (Phi) is 10.6. The van der Waals surface area contributed by atoms with E-state index in [1.165, 1.54) is 12.8 Å². The number of carbonyl (C=O) groups is 1. The first-order valence-corrected chi connectivity index (χ1v) is 9.56. The molecule has 3 rings (SSSR count). The summed E-state index contributed by atoms with van der Waals surface area (Å²) in [6.07, 6.45) is 6.63. The summed E-state index contributed by atoms with van der Waals surface area (Å²) in [5.41, 5.74) is 0.525. The highest BCUT2D eigenvalue weighted by molar-refractivity contribution is 5.92. The van der Waals surface area contributed by atoms with Crippen molar-refractivity contribution in [1.82, 2.24) is 30.2 Å². The van der Waals surface area contributed by atoms with Crippen LogP contribution in [0.1, 0.15) is 42.2 Å². The predicted octanol–water partition coefficient (Wildman–Crippen LogP) is 1.41. The van der Waals surface area contributed by atoms with Gasteiger partial charge in [0.2, 0.25) is 0 Å². The SMILES string of the molecule is CN(C)C1CCN(CCNC(=O)c2ccn(C3CCCNC3)n2)CC1.Cl.Cl. The van der Waals surface area contributed by atoms with Crippen molar-refractivity contribution in [3.05, 3.63) is 18.0 Å². The third-order valence-electron chi connectivity index (χ3n) is 5.49. The molecule has 1 aromatic rings. The Morgan fingerprint density at radius 3 is 2.67 bits per heavy atom. The highest BCUT2D eigenvalue weighted by atomic mass is 35.5. The summed E-state index contributed by atoms with van der Waals surface area (Å²) in [5.74, 6) is -0.0642. The lowest BCUT2D eigenvalue weighted by Crippen LogP contribution is -2.44. The van der Waals surface area contributed by atoms with E-state index in [9.17, 15) is 4.79 Å². The zero-order valence-electron chi connectivity index (χ0n) is 16.4. The van der Waals surface area contributed by atoms with Gasteiger partial charge in [-0.2, -0.15) is 5.10 Å². The van der Waals surface area contributed by atoms with Gasteiger partial charge in [0.05, 0.1) is 6.04 Å². The van der Waals surface area contributed by atoms with Gasteiger partial charge in [-0.1, -0.05) is 0 Å². The van der Waals surface area contributed by atoms with Crippen molar-refractivity contribution in [3.63, 3.8) is 0 Å². The number of likely N-dealkylation sites (tertiary alicyclic amines) is 1. The first-order valence-electron chi connectivity index (χ1n) is 9.56. The van der Waals surface area contributed by atoms with Gasteiger partial charge < -0.3 is 20.4 Å². The molecule has 0 radical (unpaired) electrons. The standard InChI is InChI=1S/C18H32N6O.2ClH/c1-22(2)15-5-10-23(11-6-15)13-9-20-18(25)17-7-12-24(21-17)16-4-3-8-19-14-16;;/h7,12,15-16,19H,3-6,8-11,13-14H2,1-2H3,(H,20,25);2*1H. The normalized spacial score (nSPS) is 21.4. The summed E-state index contributed by atoms with van der Waals surface area (Å²) in [6, 6.07) is 2.89. The molecule has 0 aromatic carbocycles. The lowest BCUT2D eigenvalue weighted by molar-refractivity contribution is 0.0934. The lowest BCUT2D eigenvalue weighted by atomic mass is 10.0. The molecule has 0 bridgehead atoms. The van der Waals surface area contributed by atoms with Crippen LogP contribution in [0.25, 0.3) is 0 Å². The van der Waals surface area contributed by atoms with E-state index in [2.05, 4.69) is 39.6 Å². The van der Waals surface area contributed by atoms with Gasteiger partial charge in [0.25, 0.3) is 5.91 Å². The van der Waals surface area contributed by atoms with Crippen LogP contribution >= 0.6 is 24.8 Å². The maximum atomic E-state index is 12.3. The minimum absolute atomic E-state index is 0. The fourth-order valence-electron chi connectivity index (χ4n) is 3.80. The summed E-state index contributed by atoms with van der Waals surface area (Å²) in [7, 11) is 4.31. The highest BCUT2D eigenvalue weighted by Crippen LogP contribution is 2.16. The third kappa shape index (κ3) is 6.91. The van der Waals surface area contributed by atoms with Crippen LogP contribution in [0, 0.1) is 0 Å². The molecule has 2 saturated heterocycles. The zero-order chi connectivity index (χ0) is 17.6. The van der Waals surface area contributed by atoms with Gasteiger partial charge in [-0.3, -0.25) is 9.48 Å². The number of piperidine rings is 2. The summed E-state index contributed by atoms with van der Waals surface area (Å²) in [5, 5.41) is 10.9. The van der Waals surface area contributed by atoms with Crippen molar-refractivity contribution in [2.24, 2.45) is 0 Å². The number of rotatable bonds is 6. The summed E-state index contributed by atoms with van der Waals surface area (Å²) >= 11 is 0. The molecule has 2 N–H and O–H groups in total. The molecule has 2 fully saturated rings. The van der Waals surface area contributed by atoms with Gasteiger partial charge in [0.15, 0.2) is 0 Å². The molecule has 27 heavy (non-hydrogen) atoms. The Hall–Kier alpha value is -0.860. The average Bonchev–Trinajstić information content (AvgIpc) is 3.13. The van der Waals surface area contributed by atoms with Gasteiger partial charge in [-0.05, 0) is 65.5 Å². The Balaban J connectivity index is 0.00000182. The van der Waals surface area contributed by atoms with Gasteiger partial charge in [0.1, 0.15) is 5.69 Å². The van der Waals surface area contributed by atoms with E-state index in [1.54, 1.807) is 0 Å². The van der Waals surface area contributed by atoms with E-state index < -0.39 is 0 Å².